The number of ether oxygens (including phenoxy) is 1. The minimum absolute atomic E-state index is 0.658. The van der Waals surface area contributed by atoms with Crippen LogP contribution < -0.4 is 10.1 Å². The van der Waals surface area contributed by atoms with Crippen molar-refractivity contribution in [3.8, 4) is 5.75 Å². The summed E-state index contributed by atoms with van der Waals surface area (Å²) in [6.45, 7) is 2.63. The standard InChI is InChI=1S/C20H19N3O/c1-2-24-19-10-8-17(9-11-19)22-20(16-6-4-3-5-7-16)23-18-12-14-21-15-13-18/h3-15H,2H2,1H3,(H,21,22,23). The smallest absolute Gasteiger partial charge is 0.138 e. The topological polar surface area (TPSA) is 46.5 Å². The van der Waals surface area contributed by atoms with Crippen LogP contribution in [0.2, 0.25) is 0 Å². The fourth-order valence-corrected chi connectivity index (χ4v) is 2.25. The van der Waals surface area contributed by atoms with E-state index in [0.29, 0.717) is 6.61 Å². The van der Waals surface area contributed by atoms with Crippen molar-refractivity contribution < 1.29 is 4.74 Å². The normalized spacial score (nSPS) is 11.1. The van der Waals surface area contributed by atoms with Gasteiger partial charge in [0, 0.05) is 23.6 Å². The van der Waals surface area contributed by atoms with E-state index in [0.717, 1.165) is 28.5 Å². The molecule has 0 spiro atoms. The predicted octanol–water partition coefficient (Wildman–Crippen LogP) is 4.67. The zero-order chi connectivity index (χ0) is 16.6. The largest absolute Gasteiger partial charge is 0.494 e. The Kier molecular flexibility index (Phi) is 5.20. The maximum atomic E-state index is 5.48. The second-order valence-electron chi connectivity index (χ2n) is 5.11. The number of pyridine rings is 1. The second kappa shape index (κ2) is 7.92. The zero-order valence-electron chi connectivity index (χ0n) is 13.5. The Labute approximate surface area is 141 Å². The molecule has 0 amide bonds. The number of rotatable bonds is 5. The van der Waals surface area contributed by atoms with Gasteiger partial charge in [-0.1, -0.05) is 30.3 Å². The highest BCUT2D eigenvalue weighted by Crippen LogP contribution is 2.18. The molecule has 4 nitrogen and oxygen atoms in total. The maximum Gasteiger partial charge on any atom is 0.138 e. The summed E-state index contributed by atoms with van der Waals surface area (Å²) in [5.41, 5.74) is 2.82. The Bertz CT molecular complexity index is 784. The van der Waals surface area contributed by atoms with Gasteiger partial charge in [-0.25, -0.2) is 4.99 Å². The SMILES string of the molecule is CCOc1ccc(NC(=Nc2ccncc2)c2ccccc2)cc1. The van der Waals surface area contributed by atoms with Gasteiger partial charge in [0.25, 0.3) is 0 Å². The van der Waals surface area contributed by atoms with Crippen LogP contribution in [0.3, 0.4) is 0 Å². The monoisotopic (exact) mass is 317 g/mol. The molecule has 3 rings (SSSR count). The van der Waals surface area contributed by atoms with Gasteiger partial charge in [-0.2, -0.15) is 0 Å². The van der Waals surface area contributed by atoms with Crippen molar-refractivity contribution in [2.75, 3.05) is 11.9 Å². The van der Waals surface area contributed by atoms with Crippen LogP contribution in [-0.2, 0) is 0 Å². The molecular weight excluding hydrogens is 298 g/mol. The van der Waals surface area contributed by atoms with Crippen LogP contribution in [0.25, 0.3) is 0 Å². The van der Waals surface area contributed by atoms with Gasteiger partial charge >= 0.3 is 0 Å². The molecule has 0 aliphatic carbocycles. The molecule has 3 aromatic rings. The van der Waals surface area contributed by atoms with Crippen LogP contribution >= 0.6 is 0 Å². The van der Waals surface area contributed by atoms with Gasteiger partial charge in [0.15, 0.2) is 0 Å². The minimum Gasteiger partial charge on any atom is -0.494 e. The average Bonchev–Trinajstić information content (AvgIpc) is 2.65. The van der Waals surface area contributed by atoms with E-state index in [-0.39, 0.29) is 0 Å². The first-order chi connectivity index (χ1) is 11.8. The first-order valence-electron chi connectivity index (χ1n) is 7.89. The Morgan fingerprint density at radius 3 is 2.33 bits per heavy atom. The minimum atomic E-state index is 0.658. The average molecular weight is 317 g/mol. The lowest BCUT2D eigenvalue weighted by molar-refractivity contribution is 0.340. The van der Waals surface area contributed by atoms with Gasteiger partial charge in [-0.05, 0) is 43.3 Å². The number of aromatic nitrogens is 1. The Hall–Kier alpha value is -3.14. The molecule has 0 bridgehead atoms. The van der Waals surface area contributed by atoms with Crippen molar-refractivity contribution in [1.82, 2.24) is 4.98 Å². The summed E-state index contributed by atoms with van der Waals surface area (Å²) in [5, 5.41) is 3.39. The van der Waals surface area contributed by atoms with Crippen LogP contribution in [0.5, 0.6) is 5.75 Å². The number of hydrogen-bond acceptors (Lipinski definition) is 3. The van der Waals surface area contributed by atoms with Crippen LogP contribution in [-0.4, -0.2) is 17.4 Å². The van der Waals surface area contributed by atoms with Gasteiger partial charge in [0.1, 0.15) is 11.6 Å². The lowest BCUT2D eigenvalue weighted by Crippen LogP contribution is -2.13. The third kappa shape index (κ3) is 4.20. The number of benzene rings is 2. The molecule has 1 heterocycles. The molecule has 0 radical (unpaired) electrons. The molecule has 1 aromatic heterocycles. The fourth-order valence-electron chi connectivity index (χ4n) is 2.25. The molecule has 0 fully saturated rings. The molecule has 4 heteroatoms. The summed E-state index contributed by atoms with van der Waals surface area (Å²) in [4.78, 5) is 8.75. The summed E-state index contributed by atoms with van der Waals surface area (Å²) in [6, 6.07) is 21.7. The number of aliphatic imine (C=N–C) groups is 1. The molecule has 24 heavy (non-hydrogen) atoms. The Balaban J connectivity index is 1.89. The van der Waals surface area contributed by atoms with Gasteiger partial charge in [-0.3, -0.25) is 4.98 Å². The van der Waals surface area contributed by atoms with Gasteiger partial charge in [0.05, 0.1) is 12.3 Å². The van der Waals surface area contributed by atoms with Crippen molar-refractivity contribution in [3.05, 3.63) is 84.7 Å². The molecule has 0 saturated heterocycles. The molecule has 120 valence electrons. The lowest BCUT2D eigenvalue weighted by Gasteiger charge is -2.11. The molecule has 0 atom stereocenters. The van der Waals surface area contributed by atoms with E-state index in [1.54, 1.807) is 12.4 Å². The van der Waals surface area contributed by atoms with Gasteiger partial charge in [0.2, 0.25) is 0 Å². The zero-order valence-corrected chi connectivity index (χ0v) is 13.5. The van der Waals surface area contributed by atoms with Crippen molar-refractivity contribution in [1.29, 1.82) is 0 Å². The highest BCUT2D eigenvalue weighted by Gasteiger charge is 2.05. The molecule has 0 unspecified atom stereocenters. The third-order valence-corrected chi connectivity index (χ3v) is 3.38. The van der Waals surface area contributed by atoms with Crippen molar-refractivity contribution in [2.24, 2.45) is 4.99 Å². The summed E-state index contributed by atoms with van der Waals surface area (Å²) in [5.74, 6) is 1.64. The van der Waals surface area contributed by atoms with E-state index in [4.69, 9.17) is 9.73 Å². The van der Waals surface area contributed by atoms with Crippen LogP contribution in [0.4, 0.5) is 11.4 Å². The number of anilines is 1. The highest BCUT2D eigenvalue weighted by molar-refractivity contribution is 6.09. The van der Waals surface area contributed by atoms with Gasteiger partial charge in [-0.15, -0.1) is 0 Å². The summed E-state index contributed by atoms with van der Waals surface area (Å²) < 4.78 is 5.48. The van der Waals surface area contributed by atoms with E-state index in [9.17, 15) is 0 Å². The Morgan fingerprint density at radius 1 is 0.958 bits per heavy atom. The van der Waals surface area contributed by atoms with Crippen LogP contribution in [0.15, 0.2) is 84.1 Å². The molecule has 1 N–H and O–H groups in total. The van der Waals surface area contributed by atoms with E-state index in [2.05, 4.69) is 10.3 Å². The molecule has 0 saturated carbocycles. The predicted molar refractivity (Wildman–Crippen MR) is 98.1 cm³/mol. The molecular formula is C20H19N3O. The van der Waals surface area contributed by atoms with E-state index < -0.39 is 0 Å². The van der Waals surface area contributed by atoms with E-state index >= 15 is 0 Å². The highest BCUT2D eigenvalue weighted by atomic mass is 16.5. The first kappa shape index (κ1) is 15.7. The lowest BCUT2D eigenvalue weighted by atomic mass is 10.2. The number of nitrogens with one attached hydrogen (secondary N) is 1. The molecule has 0 aliphatic heterocycles. The number of nitrogens with zero attached hydrogens (tertiary/aromatic N) is 2. The second-order valence-corrected chi connectivity index (χ2v) is 5.11. The van der Waals surface area contributed by atoms with Crippen LogP contribution in [0.1, 0.15) is 12.5 Å². The first-order valence-corrected chi connectivity index (χ1v) is 7.89. The van der Waals surface area contributed by atoms with Crippen molar-refractivity contribution in [3.63, 3.8) is 0 Å². The van der Waals surface area contributed by atoms with E-state index in [1.165, 1.54) is 0 Å². The summed E-state index contributed by atoms with van der Waals surface area (Å²) in [6.07, 6.45) is 3.47. The quantitative estimate of drug-likeness (QED) is 0.549. The summed E-state index contributed by atoms with van der Waals surface area (Å²) >= 11 is 0. The van der Waals surface area contributed by atoms with Gasteiger partial charge < -0.3 is 10.1 Å². The summed E-state index contributed by atoms with van der Waals surface area (Å²) in [7, 11) is 0. The number of hydrogen-bond donors (Lipinski definition) is 1. The third-order valence-electron chi connectivity index (χ3n) is 3.38. The molecule has 2 aromatic carbocycles. The van der Waals surface area contributed by atoms with E-state index in [1.807, 2.05) is 73.7 Å². The van der Waals surface area contributed by atoms with Crippen molar-refractivity contribution in [2.45, 2.75) is 6.92 Å². The fraction of sp³-hybridized carbons (Fsp3) is 0.100. The molecule has 0 aliphatic rings. The maximum absolute atomic E-state index is 5.48. The van der Waals surface area contributed by atoms with Crippen molar-refractivity contribution >= 4 is 17.2 Å². The van der Waals surface area contributed by atoms with Crippen LogP contribution in [0, 0.1) is 0 Å². The Morgan fingerprint density at radius 2 is 1.67 bits per heavy atom. The number of amidine groups is 1.